The normalized spacial score (nSPS) is 11.6. The highest BCUT2D eigenvalue weighted by atomic mass is 32.5. The summed E-state index contributed by atoms with van der Waals surface area (Å²) in [6, 6.07) is 21.7. The van der Waals surface area contributed by atoms with Crippen LogP contribution in [0.25, 0.3) is 0 Å². The first-order chi connectivity index (χ1) is 13.8. The second kappa shape index (κ2) is 8.75. The molecule has 0 radical (unpaired) electrons. The molecular formula is C19H16NO6PS2. The summed E-state index contributed by atoms with van der Waals surface area (Å²) in [5.41, 5.74) is -0.0375. The van der Waals surface area contributed by atoms with Gasteiger partial charge in [0.2, 0.25) is 10.0 Å². The molecule has 0 aliphatic rings. The van der Waals surface area contributed by atoms with Crippen molar-refractivity contribution in [1.82, 2.24) is 4.49 Å². The van der Waals surface area contributed by atoms with Crippen LogP contribution in [0.4, 0.5) is 0 Å². The molecule has 0 atom stereocenters. The van der Waals surface area contributed by atoms with Crippen molar-refractivity contribution in [2.45, 2.75) is 4.90 Å². The highest BCUT2D eigenvalue weighted by Gasteiger charge is 2.31. The van der Waals surface area contributed by atoms with Gasteiger partial charge in [-0.05, 0) is 48.5 Å². The Morgan fingerprint density at radius 2 is 1.28 bits per heavy atom. The van der Waals surface area contributed by atoms with Crippen LogP contribution in [0.1, 0.15) is 10.4 Å². The van der Waals surface area contributed by atoms with E-state index in [1.807, 2.05) is 0 Å². The van der Waals surface area contributed by atoms with E-state index in [0.717, 1.165) is 0 Å². The van der Waals surface area contributed by atoms with Crippen LogP contribution in [0.3, 0.4) is 0 Å². The van der Waals surface area contributed by atoms with Crippen LogP contribution in [0.15, 0.2) is 89.8 Å². The van der Waals surface area contributed by atoms with E-state index in [9.17, 15) is 13.2 Å². The molecule has 7 nitrogen and oxygen atoms in total. The van der Waals surface area contributed by atoms with Gasteiger partial charge in [-0.1, -0.05) is 36.4 Å². The predicted octanol–water partition coefficient (Wildman–Crippen LogP) is 4.05. The Bertz CT molecular complexity index is 1090. The molecule has 0 aromatic heterocycles. The van der Waals surface area contributed by atoms with E-state index < -0.39 is 22.6 Å². The summed E-state index contributed by atoms with van der Waals surface area (Å²) < 4.78 is 39.5. The number of carboxylic acids is 1. The van der Waals surface area contributed by atoms with E-state index in [1.54, 1.807) is 60.7 Å². The summed E-state index contributed by atoms with van der Waals surface area (Å²) in [4.78, 5) is 10.8. The number of carbonyl (C=O) groups is 1. The van der Waals surface area contributed by atoms with Gasteiger partial charge in [-0.3, -0.25) is 0 Å². The molecular weight excluding hydrogens is 433 g/mol. The third-order valence-electron chi connectivity index (χ3n) is 3.58. The van der Waals surface area contributed by atoms with Gasteiger partial charge in [0, 0.05) is 11.8 Å². The minimum atomic E-state index is -4.15. The number of hydrogen-bond acceptors (Lipinski definition) is 6. The molecule has 0 amide bonds. The van der Waals surface area contributed by atoms with Crippen LogP contribution in [0, 0.1) is 0 Å². The highest BCUT2D eigenvalue weighted by molar-refractivity contribution is 8.14. The number of hydrogen-bond donors (Lipinski definition) is 2. The molecule has 10 heteroatoms. The van der Waals surface area contributed by atoms with Crippen LogP contribution >= 0.6 is 6.64 Å². The molecule has 0 heterocycles. The van der Waals surface area contributed by atoms with Gasteiger partial charge in [0.25, 0.3) is 0 Å². The van der Waals surface area contributed by atoms with Gasteiger partial charge in [-0.2, -0.15) is 0 Å². The number of benzene rings is 3. The average Bonchev–Trinajstić information content (AvgIpc) is 2.69. The van der Waals surface area contributed by atoms with Crippen molar-refractivity contribution in [2.24, 2.45) is 0 Å². The third-order valence-corrected chi connectivity index (χ3v) is 8.35. The Morgan fingerprint density at radius 3 is 1.69 bits per heavy atom. The maximum absolute atomic E-state index is 12.9. The van der Waals surface area contributed by atoms with Crippen LogP contribution in [-0.2, 0) is 21.8 Å². The number of carboxylic acid groups (broad SMARTS) is 1. The molecule has 0 aliphatic carbocycles. The lowest BCUT2D eigenvalue weighted by Gasteiger charge is -2.24. The third kappa shape index (κ3) is 5.65. The summed E-state index contributed by atoms with van der Waals surface area (Å²) in [6.07, 6.45) is 0. The van der Waals surface area contributed by atoms with Gasteiger partial charge in [0.05, 0.1) is 10.5 Å². The minimum absolute atomic E-state index is 0.0375. The molecule has 29 heavy (non-hydrogen) atoms. The lowest BCUT2D eigenvalue weighted by molar-refractivity contribution is 0.0696. The Kier molecular flexibility index (Phi) is 6.34. The molecule has 2 N–H and O–H groups in total. The second-order valence-electron chi connectivity index (χ2n) is 5.73. The van der Waals surface area contributed by atoms with E-state index in [2.05, 4.69) is 4.49 Å². The summed E-state index contributed by atoms with van der Waals surface area (Å²) >= 11 is 5.46. The van der Waals surface area contributed by atoms with Gasteiger partial charge in [-0.25, -0.2) is 13.2 Å². The highest BCUT2D eigenvalue weighted by Crippen LogP contribution is 2.46. The van der Waals surface area contributed by atoms with E-state index in [0.29, 0.717) is 11.5 Å². The lowest BCUT2D eigenvalue weighted by atomic mass is 10.2. The standard InChI is InChI=1S/C19H16NO6PS2/c21-19(22)15-11-13-18(14-12-15)29(23,24)20-27(28,25-16-7-3-1-4-8-16)26-17-9-5-2-6-10-17/h1-14H,(H,20,28)(H,21,22). The van der Waals surface area contributed by atoms with E-state index in [1.165, 1.54) is 24.3 Å². The molecule has 3 aromatic rings. The zero-order valence-corrected chi connectivity index (χ0v) is 17.4. The van der Waals surface area contributed by atoms with Crippen molar-refractivity contribution in [3.63, 3.8) is 0 Å². The largest absolute Gasteiger partial charge is 0.478 e. The summed E-state index contributed by atoms with van der Waals surface area (Å²) in [6.45, 7) is -3.60. The van der Waals surface area contributed by atoms with Crippen LogP contribution in [0.2, 0.25) is 0 Å². The van der Waals surface area contributed by atoms with E-state index >= 15 is 0 Å². The van der Waals surface area contributed by atoms with Gasteiger partial charge in [0.1, 0.15) is 11.5 Å². The fourth-order valence-corrected chi connectivity index (χ4v) is 6.90. The molecule has 3 rings (SSSR count). The van der Waals surface area contributed by atoms with Crippen molar-refractivity contribution in [2.75, 3.05) is 0 Å². The fraction of sp³-hybridized carbons (Fsp3) is 0. The Morgan fingerprint density at radius 1 is 0.828 bits per heavy atom. The first-order valence-electron chi connectivity index (χ1n) is 8.24. The van der Waals surface area contributed by atoms with Crippen molar-refractivity contribution < 1.29 is 27.4 Å². The van der Waals surface area contributed by atoms with Crippen molar-refractivity contribution in [3.8, 4) is 11.5 Å². The maximum atomic E-state index is 12.9. The molecule has 0 aliphatic heterocycles. The van der Waals surface area contributed by atoms with E-state index in [4.69, 9.17) is 26.0 Å². The number of aromatic carboxylic acids is 1. The van der Waals surface area contributed by atoms with Gasteiger partial charge in [0.15, 0.2) is 0 Å². The van der Waals surface area contributed by atoms with Crippen LogP contribution in [-0.4, -0.2) is 19.5 Å². The topological polar surface area (TPSA) is 102 Å². The molecule has 0 saturated heterocycles. The van der Waals surface area contributed by atoms with Gasteiger partial charge in [-0.15, -0.1) is 4.49 Å². The molecule has 0 spiro atoms. The second-order valence-corrected chi connectivity index (χ2v) is 10.7. The van der Waals surface area contributed by atoms with Gasteiger partial charge >= 0.3 is 12.6 Å². The molecule has 3 aromatic carbocycles. The SMILES string of the molecule is O=C(O)c1ccc(S(=O)(=O)NP(=S)(Oc2ccccc2)Oc2ccccc2)cc1. The Balaban J connectivity index is 1.92. The first kappa shape index (κ1) is 21.0. The summed E-state index contributed by atoms with van der Waals surface area (Å²) in [7, 11) is -4.15. The molecule has 0 fully saturated rings. The number of rotatable bonds is 8. The summed E-state index contributed by atoms with van der Waals surface area (Å²) in [5, 5.41) is 8.98. The quantitative estimate of drug-likeness (QED) is 0.500. The average molecular weight is 449 g/mol. The van der Waals surface area contributed by atoms with Crippen LogP contribution in [0.5, 0.6) is 11.5 Å². The molecule has 0 saturated carbocycles. The number of nitrogens with one attached hydrogen (secondary N) is 1. The summed E-state index contributed by atoms with van der Waals surface area (Å²) in [5.74, 6) is -0.474. The Labute approximate surface area is 173 Å². The molecule has 150 valence electrons. The van der Waals surface area contributed by atoms with Crippen LogP contribution < -0.4 is 13.5 Å². The van der Waals surface area contributed by atoms with E-state index in [-0.39, 0.29) is 10.5 Å². The number of para-hydroxylation sites is 2. The van der Waals surface area contributed by atoms with Gasteiger partial charge < -0.3 is 14.2 Å². The molecule has 0 bridgehead atoms. The lowest BCUT2D eigenvalue weighted by Crippen LogP contribution is -2.26. The molecule has 0 unspecified atom stereocenters. The maximum Gasteiger partial charge on any atom is 0.379 e. The number of sulfonamides is 1. The minimum Gasteiger partial charge on any atom is -0.478 e. The zero-order chi connectivity index (χ0) is 20.9. The fourth-order valence-electron chi connectivity index (χ4n) is 2.27. The van der Waals surface area contributed by atoms with Crippen molar-refractivity contribution >= 4 is 34.4 Å². The predicted molar refractivity (Wildman–Crippen MR) is 112 cm³/mol. The smallest absolute Gasteiger partial charge is 0.379 e. The first-order valence-corrected chi connectivity index (χ1v) is 12.4. The van der Waals surface area contributed by atoms with Crippen molar-refractivity contribution in [1.29, 1.82) is 0 Å². The zero-order valence-electron chi connectivity index (χ0n) is 14.8. The Hall–Kier alpha value is -2.71. The monoisotopic (exact) mass is 449 g/mol. The van der Waals surface area contributed by atoms with Crippen molar-refractivity contribution in [3.05, 3.63) is 90.5 Å².